The Kier molecular flexibility index (Phi) is 5.99. The molecule has 3 aliphatic rings. The first-order chi connectivity index (χ1) is 17.5. The number of ether oxygens (including phenoxy) is 1. The van der Waals surface area contributed by atoms with Crippen LogP contribution in [-0.2, 0) is 20.9 Å². The third-order valence-electron chi connectivity index (χ3n) is 6.81. The van der Waals surface area contributed by atoms with Gasteiger partial charge in [0.15, 0.2) is 0 Å². The Morgan fingerprint density at radius 1 is 0.972 bits per heavy atom. The van der Waals surface area contributed by atoms with E-state index in [-0.39, 0.29) is 48.3 Å². The summed E-state index contributed by atoms with van der Waals surface area (Å²) in [5.74, 6) is -1.39. The van der Waals surface area contributed by atoms with E-state index in [9.17, 15) is 14.4 Å². The molecule has 182 valence electrons. The Labute approximate surface area is 216 Å². The Hall–Kier alpha value is -3.27. The van der Waals surface area contributed by atoms with Gasteiger partial charge in [-0.05, 0) is 61.4 Å². The lowest BCUT2D eigenvalue weighted by Gasteiger charge is -2.17. The summed E-state index contributed by atoms with van der Waals surface area (Å²) in [5.41, 5.74) is 1.47. The first-order valence-corrected chi connectivity index (χ1v) is 12.8. The number of pyridine rings is 2. The molecule has 5 heterocycles. The minimum Gasteiger partial charge on any atom is -0.373 e. The Morgan fingerprint density at radius 3 is 2.31 bits per heavy atom. The number of halogens is 1. The smallest absolute Gasteiger partial charge is 0.257 e. The molecule has 3 saturated heterocycles. The topological polar surface area (TPSA) is 101 Å². The number of carbonyl (C=O) groups is 3. The predicted molar refractivity (Wildman–Crippen MR) is 132 cm³/mol. The minimum absolute atomic E-state index is 0.0999. The number of aromatic nitrogens is 2. The predicted octanol–water partition coefficient (Wildman–Crippen LogP) is 4.20. The summed E-state index contributed by atoms with van der Waals surface area (Å²) >= 11 is 7.41. The van der Waals surface area contributed by atoms with E-state index in [0.29, 0.717) is 22.0 Å². The summed E-state index contributed by atoms with van der Waals surface area (Å²) in [5, 5.41) is 4.27. The van der Waals surface area contributed by atoms with Gasteiger partial charge in [0.25, 0.3) is 5.91 Å². The third kappa shape index (κ3) is 4.27. The van der Waals surface area contributed by atoms with E-state index < -0.39 is 0 Å². The van der Waals surface area contributed by atoms with Crippen LogP contribution in [0.25, 0.3) is 0 Å². The monoisotopic (exact) mass is 520 g/mol. The van der Waals surface area contributed by atoms with Gasteiger partial charge < -0.3 is 10.1 Å². The summed E-state index contributed by atoms with van der Waals surface area (Å²) in [4.78, 5) is 49.3. The Balaban J connectivity index is 1.06. The molecular weight excluding hydrogens is 500 g/mol. The molecule has 0 aliphatic carbocycles. The second kappa shape index (κ2) is 9.31. The number of nitrogens with zero attached hydrogens (tertiary/aromatic N) is 3. The molecule has 3 aliphatic heterocycles. The molecule has 0 saturated carbocycles. The zero-order valence-electron chi connectivity index (χ0n) is 19.0. The van der Waals surface area contributed by atoms with Gasteiger partial charge in [0, 0.05) is 16.1 Å². The molecular formula is C26H21ClN4O4S. The van der Waals surface area contributed by atoms with Crippen molar-refractivity contribution in [1.29, 1.82) is 0 Å². The van der Waals surface area contributed by atoms with Gasteiger partial charge in [0.2, 0.25) is 11.8 Å². The lowest BCUT2D eigenvalue weighted by Crippen LogP contribution is -2.34. The first kappa shape index (κ1) is 23.1. The Bertz CT molecular complexity index is 1310. The highest BCUT2D eigenvalue weighted by Gasteiger charge is 2.62. The van der Waals surface area contributed by atoms with Crippen molar-refractivity contribution in [3.63, 3.8) is 0 Å². The van der Waals surface area contributed by atoms with Crippen LogP contribution in [0.4, 0.5) is 5.69 Å². The van der Waals surface area contributed by atoms with Gasteiger partial charge >= 0.3 is 0 Å². The van der Waals surface area contributed by atoms with Gasteiger partial charge in [0.05, 0.1) is 53.7 Å². The zero-order valence-corrected chi connectivity index (χ0v) is 20.5. The SMILES string of the molecule is O=C(Nc1ccc(Sc2ccc(Cl)cc2)nc1)c1ccc(CN2C(=O)C3C4CCC(O4)C3C2=O)nc1. The molecule has 36 heavy (non-hydrogen) atoms. The van der Waals surface area contributed by atoms with Crippen molar-refractivity contribution in [2.75, 3.05) is 5.32 Å². The van der Waals surface area contributed by atoms with Crippen molar-refractivity contribution in [1.82, 2.24) is 14.9 Å². The van der Waals surface area contributed by atoms with Crippen LogP contribution in [0.1, 0.15) is 28.9 Å². The molecule has 1 aromatic carbocycles. The fourth-order valence-electron chi connectivity index (χ4n) is 5.09. The molecule has 6 rings (SSSR count). The fraction of sp³-hybridized carbons (Fsp3) is 0.269. The van der Waals surface area contributed by atoms with Gasteiger partial charge in [-0.3, -0.25) is 24.3 Å². The van der Waals surface area contributed by atoms with E-state index in [1.165, 1.54) is 22.9 Å². The molecule has 10 heteroatoms. The number of anilines is 1. The van der Waals surface area contributed by atoms with Crippen molar-refractivity contribution in [3.8, 4) is 0 Å². The second-order valence-electron chi connectivity index (χ2n) is 9.04. The maximum atomic E-state index is 12.8. The largest absolute Gasteiger partial charge is 0.373 e. The third-order valence-corrected chi connectivity index (χ3v) is 8.02. The van der Waals surface area contributed by atoms with E-state index in [4.69, 9.17) is 16.3 Å². The van der Waals surface area contributed by atoms with Crippen molar-refractivity contribution in [2.24, 2.45) is 11.8 Å². The number of hydrogen-bond acceptors (Lipinski definition) is 7. The van der Waals surface area contributed by atoms with Gasteiger partial charge in [-0.15, -0.1) is 0 Å². The van der Waals surface area contributed by atoms with E-state index in [1.807, 2.05) is 30.3 Å². The first-order valence-electron chi connectivity index (χ1n) is 11.6. The quantitative estimate of drug-likeness (QED) is 0.486. The number of carbonyl (C=O) groups excluding carboxylic acids is 3. The summed E-state index contributed by atoms with van der Waals surface area (Å²) in [6, 6.07) is 14.4. The molecule has 3 amide bonds. The molecule has 4 unspecified atom stereocenters. The number of hydrogen-bond donors (Lipinski definition) is 1. The lowest BCUT2D eigenvalue weighted by molar-refractivity contribution is -0.143. The van der Waals surface area contributed by atoms with Crippen molar-refractivity contribution < 1.29 is 19.1 Å². The van der Waals surface area contributed by atoms with Crippen molar-refractivity contribution >= 4 is 46.8 Å². The molecule has 0 spiro atoms. The van der Waals surface area contributed by atoms with Gasteiger partial charge in [0.1, 0.15) is 5.03 Å². The van der Waals surface area contributed by atoms with Crippen LogP contribution >= 0.6 is 23.4 Å². The number of rotatable bonds is 6. The molecule has 2 aromatic heterocycles. The maximum absolute atomic E-state index is 12.8. The summed E-state index contributed by atoms with van der Waals surface area (Å²) in [6.07, 6.45) is 4.43. The lowest BCUT2D eigenvalue weighted by atomic mass is 9.81. The van der Waals surface area contributed by atoms with Gasteiger partial charge in [-0.25, -0.2) is 4.98 Å². The average Bonchev–Trinajstić information content (AvgIpc) is 3.57. The number of nitrogens with one attached hydrogen (secondary N) is 1. The summed E-state index contributed by atoms with van der Waals surface area (Å²) in [6.45, 7) is 0.0999. The van der Waals surface area contributed by atoms with Crippen molar-refractivity contribution in [3.05, 3.63) is 77.2 Å². The van der Waals surface area contributed by atoms with E-state index in [0.717, 1.165) is 22.8 Å². The molecule has 3 fully saturated rings. The molecule has 8 nitrogen and oxygen atoms in total. The standard InChI is InChI=1S/C26H21ClN4O4S/c27-15-2-6-18(7-3-15)36-21-10-5-16(12-29-21)30-24(32)14-1-4-17(28-11-14)13-31-25(33)22-19-8-9-20(35-19)23(22)26(31)34/h1-7,10-12,19-20,22-23H,8-9,13H2,(H,30,32). The van der Waals surface area contributed by atoms with E-state index in [1.54, 1.807) is 24.4 Å². The van der Waals surface area contributed by atoms with E-state index in [2.05, 4.69) is 15.3 Å². The van der Waals surface area contributed by atoms with Gasteiger partial charge in [-0.2, -0.15) is 0 Å². The summed E-state index contributed by atoms with van der Waals surface area (Å²) < 4.78 is 5.77. The molecule has 2 bridgehead atoms. The van der Waals surface area contributed by atoms with Crippen LogP contribution in [0, 0.1) is 11.8 Å². The highest BCUT2D eigenvalue weighted by Crippen LogP contribution is 2.48. The molecule has 1 N–H and O–H groups in total. The van der Waals surface area contributed by atoms with Gasteiger partial charge in [-0.1, -0.05) is 23.4 Å². The zero-order chi connectivity index (χ0) is 24.8. The molecule has 0 radical (unpaired) electrons. The van der Waals surface area contributed by atoms with Crippen LogP contribution in [0.5, 0.6) is 0 Å². The van der Waals surface area contributed by atoms with Crippen LogP contribution in [-0.4, -0.2) is 44.8 Å². The molecule has 3 aromatic rings. The highest BCUT2D eigenvalue weighted by molar-refractivity contribution is 7.99. The minimum atomic E-state index is -0.356. The van der Waals surface area contributed by atoms with Crippen LogP contribution < -0.4 is 5.32 Å². The van der Waals surface area contributed by atoms with Crippen LogP contribution in [0.3, 0.4) is 0 Å². The fourth-order valence-corrected chi connectivity index (χ4v) is 5.97. The highest BCUT2D eigenvalue weighted by atomic mass is 35.5. The van der Waals surface area contributed by atoms with Crippen LogP contribution in [0.15, 0.2) is 70.8 Å². The van der Waals surface area contributed by atoms with Crippen molar-refractivity contribution in [2.45, 2.75) is 41.5 Å². The van der Waals surface area contributed by atoms with Crippen LogP contribution in [0.2, 0.25) is 5.02 Å². The second-order valence-corrected chi connectivity index (χ2v) is 10.6. The number of benzene rings is 1. The number of imide groups is 1. The number of fused-ring (bicyclic) bond motifs is 5. The average molecular weight is 521 g/mol. The Morgan fingerprint density at radius 2 is 1.69 bits per heavy atom. The summed E-state index contributed by atoms with van der Waals surface area (Å²) in [7, 11) is 0. The number of likely N-dealkylation sites (tertiary alicyclic amines) is 1. The molecule has 4 atom stereocenters. The maximum Gasteiger partial charge on any atom is 0.257 e. The normalized spacial score (nSPS) is 24.3. The number of amides is 3. The van der Waals surface area contributed by atoms with E-state index >= 15 is 0 Å².